The molecule has 0 unspecified atom stereocenters. The number of ether oxygens (including phenoxy) is 1. The van der Waals surface area contributed by atoms with E-state index in [1.54, 1.807) is 19.1 Å². The fourth-order valence-corrected chi connectivity index (χ4v) is 2.61. The number of benzene rings is 2. The first kappa shape index (κ1) is 19.9. The van der Waals surface area contributed by atoms with Gasteiger partial charge in [-0.1, -0.05) is 29.3 Å². The molecule has 6 nitrogen and oxygen atoms in total. The summed E-state index contributed by atoms with van der Waals surface area (Å²) in [5.74, 6) is -1.16. The zero-order chi connectivity index (χ0) is 19.3. The summed E-state index contributed by atoms with van der Waals surface area (Å²) >= 11 is 12.1. The number of amides is 1. The van der Waals surface area contributed by atoms with Crippen LogP contribution in [-0.4, -0.2) is 17.4 Å². The molecule has 0 bridgehead atoms. The van der Waals surface area contributed by atoms with Crippen molar-refractivity contribution in [3.8, 4) is 5.75 Å². The Morgan fingerprint density at radius 2 is 2.04 bits per heavy atom. The number of halogens is 3. The fraction of sp³-hybridized carbons (Fsp3) is 0.235. The molecular weight excluding hydrogens is 386 g/mol. The molecular formula is C17H15Cl2FN2O4. The number of nitrogens with one attached hydrogen (secondary N) is 1. The lowest BCUT2D eigenvalue weighted by Gasteiger charge is -2.11. The van der Waals surface area contributed by atoms with E-state index in [2.05, 4.69) is 5.32 Å². The van der Waals surface area contributed by atoms with Crippen LogP contribution in [0.4, 0.5) is 15.8 Å². The highest BCUT2D eigenvalue weighted by Gasteiger charge is 2.16. The first-order valence-corrected chi connectivity index (χ1v) is 8.36. The summed E-state index contributed by atoms with van der Waals surface area (Å²) in [5.41, 5.74) is 0.766. The summed E-state index contributed by atoms with van der Waals surface area (Å²) in [5, 5.41) is 14.2. The van der Waals surface area contributed by atoms with Gasteiger partial charge in [0.05, 0.1) is 27.3 Å². The second-order valence-corrected chi connectivity index (χ2v) is 6.21. The summed E-state index contributed by atoms with van der Waals surface area (Å²) in [6.07, 6.45) is 0.338. The number of nitrogens with zero attached hydrogens (tertiary/aromatic N) is 1. The van der Waals surface area contributed by atoms with Gasteiger partial charge in [-0.15, -0.1) is 0 Å². The Balaban J connectivity index is 1.89. The van der Waals surface area contributed by atoms with Crippen molar-refractivity contribution >= 4 is 40.5 Å². The summed E-state index contributed by atoms with van der Waals surface area (Å²) in [6, 6.07) is 6.31. The highest BCUT2D eigenvalue weighted by molar-refractivity contribution is 6.40. The average Bonchev–Trinajstić information content (AvgIpc) is 2.59. The number of carbonyl (C=O) groups excluding carboxylic acids is 1. The summed E-state index contributed by atoms with van der Waals surface area (Å²) in [6.45, 7) is 1.79. The van der Waals surface area contributed by atoms with Gasteiger partial charge in [-0.25, -0.2) is 4.39 Å². The molecule has 138 valence electrons. The molecule has 1 amide bonds. The first-order valence-electron chi connectivity index (χ1n) is 7.60. The van der Waals surface area contributed by atoms with Gasteiger partial charge in [0.25, 0.3) is 0 Å². The number of carbonyl (C=O) groups is 1. The van der Waals surface area contributed by atoms with E-state index in [0.29, 0.717) is 15.7 Å². The highest BCUT2D eigenvalue weighted by Crippen LogP contribution is 2.33. The molecule has 2 rings (SSSR count). The van der Waals surface area contributed by atoms with Crippen LogP contribution in [0.1, 0.15) is 18.4 Å². The molecule has 9 heteroatoms. The SMILES string of the molecule is Cc1ccc(Cl)c(NC(=O)CCCOc2cc(F)ccc2[N+](=O)[O-])c1Cl. The molecule has 2 aromatic carbocycles. The minimum atomic E-state index is -0.663. The lowest BCUT2D eigenvalue weighted by molar-refractivity contribution is -0.385. The largest absolute Gasteiger partial charge is 0.487 e. The predicted octanol–water partition coefficient (Wildman–Crippen LogP) is 5.15. The van der Waals surface area contributed by atoms with E-state index in [9.17, 15) is 19.3 Å². The molecule has 2 aromatic rings. The maximum Gasteiger partial charge on any atom is 0.311 e. The Bertz CT molecular complexity index is 846. The maximum absolute atomic E-state index is 13.2. The zero-order valence-electron chi connectivity index (χ0n) is 13.7. The third-order valence-electron chi connectivity index (χ3n) is 3.47. The molecule has 0 saturated carbocycles. The van der Waals surface area contributed by atoms with Crippen LogP contribution in [0.2, 0.25) is 10.0 Å². The van der Waals surface area contributed by atoms with Crippen LogP contribution in [0.5, 0.6) is 5.75 Å². The smallest absolute Gasteiger partial charge is 0.311 e. The standard InChI is InChI=1S/C17H15Cl2FN2O4/c1-10-4-6-12(18)17(16(10)19)21-15(23)3-2-8-26-14-9-11(20)5-7-13(14)22(24)25/h4-7,9H,2-3,8H2,1H3,(H,21,23). The van der Waals surface area contributed by atoms with Gasteiger partial charge in [-0.05, 0) is 31.0 Å². The van der Waals surface area contributed by atoms with Crippen LogP contribution in [0.15, 0.2) is 30.3 Å². The molecule has 0 aromatic heterocycles. The van der Waals surface area contributed by atoms with E-state index in [-0.39, 0.29) is 36.8 Å². The zero-order valence-corrected chi connectivity index (χ0v) is 15.2. The third-order valence-corrected chi connectivity index (χ3v) is 4.27. The van der Waals surface area contributed by atoms with Crippen molar-refractivity contribution in [2.24, 2.45) is 0 Å². The van der Waals surface area contributed by atoms with Crippen molar-refractivity contribution in [1.29, 1.82) is 0 Å². The van der Waals surface area contributed by atoms with E-state index in [1.165, 1.54) is 0 Å². The van der Waals surface area contributed by atoms with Gasteiger partial charge in [0.1, 0.15) is 5.82 Å². The predicted molar refractivity (Wildman–Crippen MR) is 97.6 cm³/mol. The Kier molecular flexibility index (Phi) is 6.76. The fourth-order valence-electron chi connectivity index (χ4n) is 2.14. The number of nitro benzene ring substituents is 1. The van der Waals surface area contributed by atoms with Gasteiger partial charge in [-0.2, -0.15) is 0 Å². The maximum atomic E-state index is 13.2. The van der Waals surface area contributed by atoms with Gasteiger partial charge < -0.3 is 10.1 Å². The van der Waals surface area contributed by atoms with Crippen molar-refractivity contribution in [2.75, 3.05) is 11.9 Å². The van der Waals surface area contributed by atoms with Gasteiger partial charge >= 0.3 is 5.69 Å². The number of hydrogen-bond acceptors (Lipinski definition) is 4. The van der Waals surface area contributed by atoms with Crippen LogP contribution in [0.25, 0.3) is 0 Å². The number of rotatable bonds is 7. The lowest BCUT2D eigenvalue weighted by Crippen LogP contribution is -2.14. The topological polar surface area (TPSA) is 81.5 Å². The normalized spacial score (nSPS) is 10.5. The molecule has 0 spiro atoms. The first-order chi connectivity index (χ1) is 12.3. The summed E-state index contributed by atoms with van der Waals surface area (Å²) in [4.78, 5) is 22.2. The van der Waals surface area contributed by atoms with E-state index in [0.717, 1.165) is 23.8 Å². The quantitative estimate of drug-likeness (QED) is 0.395. The van der Waals surface area contributed by atoms with Crippen LogP contribution >= 0.6 is 23.2 Å². The van der Waals surface area contributed by atoms with Crippen molar-refractivity contribution in [2.45, 2.75) is 19.8 Å². The third kappa shape index (κ3) is 5.06. The molecule has 0 aliphatic heterocycles. The van der Waals surface area contributed by atoms with Gasteiger partial charge in [0.2, 0.25) is 5.91 Å². The lowest BCUT2D eigenvalue weighted by atomic mass is 10.2. The van der Waals surface area contributed by atoms with Crippen molar-refractivity contribution in [3.05, 3.63) is 61.9 Å². The Labute approximate surface area is 159 Å². The summed E-state index contributed by atoms with van der Waals surface area (Å²) < 4.78 is 18.4. The van der Waals surface area contributed by atoms with E-state index >= 15 is 0 Å². The number of nitro groups is 1. The molecule has 0 atom stereocenters. The van der Waals surface area contributed by atoms with E-state index in [1.807, 2.05) is 0 Å². The second kappa shape index (κ2) is 8.82. The van der Waals surface area contributed by atoms with Gasteiger partial charge in [-0.3, -0.25) is 14.9 Å². The molecule has 0 saturated heterocycles. The molecule has 0 aliphatic carbocycles. The van der Waals surface area contributed by atoms with Crippen molar-refractivity contribution in [3.63, 3.8) is 0 Å². The monoisotopic (exact) mass is 400 g/mol. The average molecular weight is 401 g/mol. The van der Waals surface area contributed by atoms with Crippen LogP contribution < -0.4 is 10.1 Å². The van der Waals surface area contributed by atoms with Crippen molar-refractivity contribution in [1.82, 2.24) is 0 Å². The molecule has 1 N–H and O–H groups in total. The minimum absolute atomic E-state index is 0.00694. The minimum Gasteiger partial charge on any atom is -0.487 e. The van der Waals surface area contributed by atoms with Crippen molar-refractivity contribution < 1.29 is 18.8 Å². The Hall–Kier alpha value is -2.38. The molecule has 0 aliphatic rings. The number of anilines is 1. The Morgan fingerprint density at radius 1 is 1.31 bits per heavy atom. The van der Waals surface area contributed by atoms with Gasteiger partial charge in [0.15, 0.2) is 5.75 Å². The molecule has 0 radical (unpaired) electrons. The number of hydrogen-bond donors (Lipinski definition) is 1. The second-order valence-electron chi connectivity index (χ2n) is 5.42. The van der Waals surface area contributed by atoms with E-state index < -0.39 is 10.7 Å². The highest BCUT2D eigenvalue weighted by atomic mass is 35.5. The Morgan fingerprint density at radius 3 is 2.73 bits per heavy atom. The van der Waals surface area contributed by atoms with E-state index in [4.69, 9.17) is 27.9 Å². The number of aryl methyl sites for hydroxylation is 1. The molecule has 26 heavy (non-hydrogen) atoms. The van der Waals surface area contributed by atoms with Crippen LogP contribution in [0.3, 0.4) is 0 Å². The van der Waals surface area contributed by atoms with Crippen LogP contribution in [-0.2, 0) is 4.79 Å². The summed E-state index contributed by atoms with van der Waals surface area (Å²) in [7, 11) is 0. The molecule has 0 heterocycles. The molecule has 0 fully saturated rings. The van der Waals surface area contributed by atoms with Gasteiger partial charge in [0, 0.05) is 18.6 Å². The van der Waals surface area contributed by atoms with Crippen LogP contribution in [0, 0.1) is 22.9 Å².